The molecule has 94 valence electrons. The summed E-state index contributed by atoms with van der Waals surface area (Å²) in [5.74, 6) is 0.779. The molecule has 0 aliphatic carbocycles. The van der Waals surface area contributed by atoms with E-state index in [0.717, 1.165) is 25.8 Å². The van der Waals surface area contributed by atoms with Crippen LogP contribution in [0.1, 0.15) is 17.2 Å². The highest BCUT2D eigenvalue weighted by Crippen LogP contribution is 2.28. The van der Waals surface area contributed by atoms with Gasteiger partial charge in [0.1, 0.15) is 11.9 Å². The van der Waals surface area contributed by atoms with Crippen molar-refractivity contribution in [1.29, 1.82) is 0 Å². The van der Waals surface area contributed by atoms with Crippen LogP contribution in [0.15, 0.2) is 51.4 Å². The predicted octanol–water partition coefficient (Wildman–Crippen LogP) is 4.30. The maximum atomic E-state index is 10.3. The molecule has 0 heterocycles. The van der Waals surface area contributed by atoms with E-state index in [-0.39, 0.29) is 0 Å². The van der Waals surface area contributed by atoms with Crippen molar-refractivity contribution in [3.05, 3.63) is 62.5 Å². The number of hydrogen-bond donors (Lipinski definition) is 1. The zero-order chi connectivity index (χ0) is 13.1. The molecule has 0 aromatic heterocycles. The van der Waals surface area contributed by atoms with Crippen LogP contribution < -0.4 is 4.74 Å². The van der Waals surface area contributed by atoms with E-state index in [1.54, 1.807) is 7.11 Å². The maximum Gasteiger partial charge on any atom is 0.118 e. The number of benzene rings is 2. The van der Waals surface area contributed by atoms with Gasteiger partial charge in [0.25, 0.3) is 0 Å². The van der Waals surface area contributed by atoms with Crippen LogP contribution >= 0.6 is 31.9 Å². The van der Waals surface area contributed by atoms with Gasteiger partial charge in [0.05, 0.1) is 7.11 Å². The van der Waals surface area contributed by atoms with Crippen LogP contribution in [0.3, 0.4) is 0 Å². The summed E-state index contributed by atoms with van der Waals surface area (Å²) in [6.07, 6.45) is -0.648. The van der Waals surface area contributed by atoms with Gasteiger partial charge in [-0.25, -0.2) is 0 Å². The van der Waals surface area contributed by atoms with Crippen molar-refractivity contribution in [1.82, 2.24) is 0 Å². The minimum atomic E-state index is -0.648. The van der Waals surface area contributed by atoms with E-state index < -0.39 is 6.10 Å². The van der Waals surface area contributed by atoms with Crippen LogP contribution in [0.2, 0.25) is 0 Å². The fourth-order valence-electron chi connectivity index (χ4n) is 1.71. The van der Waals surface area contributed by atoms with Gasteiger partial charge in [-0.1, -0.05) is 44.0 Å². The molecular weight excluding hydrogens is 360 g/mol. The SMILES string of the molecule is COc1ccc(C(O)c2cc(Br)cc(Br)c2)cc1. The molecule has 0 aliphatic heterocycles. The van der Waals surface area contributed by atoms with E-state index in [4.69, 9.17) is 4.74 Å². The zero-order valence-corrected chi connectivity index (χ0v) is 12.9. The third-order valence-electron chi connectivity index (χ3n) is 2.63. The third-order valence-corrected chi connectivity index (χ3v) is 3.55. The average molecular weight is 372 g/mol. The normalized spacial score (nSPS) is 12.2. The van der Waals surface area contributed by atoms with Gasteiger partial charge in [0.15, 0.2) is 0 Å². The first kappa shape index (κ1) is 13.6. The van der Waals surface area contributed by atoms with Crippen molar-refractivity contribution in [2.24, 2.45) is 0 Å². The molecule has 1 N–H and O–H groups in total. The summed E-state index contributed by atoms with van der Waals surface area (Å²) < 4.78 is 6.96. The summed E-state index contributed by atoms with van der Waals surface area (Å²) in [7, 11) is 1.62. The quantitative estimate of drug-likeness (QED) is 0.871. The lowest BCUT2D eigenvalue weighted by atomic mass is 10.0. The predicted molar refractivity (Wildman–Crippen MR) is 78.9 cm³/mol. The van der Waals surface area contributed by atoms with Gasteiger partial charge in [-0.05, 0) is 41.5 Å². The minimum Gasteiger partial charge on any atom is -0.497 e. The molecule has 2 aromatic carbocycles. The zero-order valence-electron chi connectivity index (χ0n) is 9.73. The summed E-state index contributed by atoms with van der Waals surface area (Å²) in [5, 5.41) is 10.3. The molecule has 0 spiro atoms. The molecule has 0 bridgehead atoms. The molecule has 0 saturated heterocycles. The lowest BCUT2D eigenvalue weighted by Gasteiger charge is -2.13. The highest BCUT2D eigenvalue weighted by atomic mass is 79.9. The van der Waals surface area contributed by atoms with E-state index in [1.807, 2.05) is 42.5 Å². The maximum absolute atomic E-state index is 10.3. The summed E-state index contributed by atoms with van der Waals surface area (Å²) in [4.78, 5) is 0. The second kappa shape index (κ2) is 5.87. The van der Waals surface area contributed by atoms with Crippen LogP contribution in [0.5, 0.6) is 5.75 Å². The average Bonchev–Trinajstić information content (AvgIpc) is 2.37. The van der Waals surface area contributed by atoms with Crippen LogP contribution in [0, 0.1) is 0 Å². The smallest absolute Gasteiger partial charge is 0.118 e. The number of rotatable bonds is 3. The molecule has 2 rings (SSSR count). The molecule has 2 aromatic rings. The number of ether oxygens (including phenoxy) is 1. The van der Waals surface area contributed by atoms with Crippen molar-refractivity contribution in [3.8, 4) is 5.75 Å². The standard InChI is InChI=1S/C14H12Br2O2/c1-18-13-4-2-9(3-5-13)14(17)10-6-11(15)8-12(16)7-10/h2-8,14,17H,1H3. The fourth-order valence-corrected chi connectivity index (χ4v) is 3.04. The molecule has 2 nitrogen and oxygen atoms in total. The van der Waals surface area contributed by atoms with Crippen molar-refractivity contribution in [2.45, 2.75) is 6.10 Å². The van der Waals surface area contributed by atoms with Gasteiger partial charge in [0, 0.05) is 8.95 Å². The Bertz CT molecular complexity index is 518. The Kier molecular flexibility index (Phi) is 4.43. The van der Waals surface area contributed by atoms with E-state index in [9.17, 15) is 5.11 Å². The Hall–Kier alpha value is -0.840. The molecule has 0 amide bonds. The summed E-state index contributed by atoms with van der Waals surface area (Å²) >= 11 is 6.83. The molecule has 1 atom stereocenters. The van der Waals surface area contributed by atoms with E-state index >= 15 is 0 Å². The van der Waals surface area contributed by atoms with Crippen molar-refractivity contribution in [2.75, 3.05) is 7.11 Å². The first-order valence-corrected chi connectivity index (χ1v) is 6.97. The Morgan fingerprint density at radius 2 is 1.50 bits per heavy atom. The van der Waals surface area contributed by atoms with Crippen LogP contribution in [0.25, 0.3) is 0 Å². The molecule has 0 saturated carbocycles. The Morgan fingerprint density at radius 1 is 0.944 bits per heavy atom. The highest BCUT2D eigenvalue weighted by Gasteiger charge is 2.11. The van der Waals surface area contributed by atoms with E-state index in [2.05, 4.69) is 31.9 Å². The van der Waals surface area contributed by atoms with Crippen LogP contribution in [-0.4, -0.2) is 12.2 Å². The summed E-state index contributed by atoms with van der Waals surface area (Å²) in [6.45, 7) is 0. The monoisotopic (exact) mass is 370 g/mol. The number of aliphatic hydroxyl groups is 1. The van der Waals surface area contributed by atoms with E-state index in [1.165, 1.54) is 0 Å². The van der Waals surface area contributed by atoms with Gasteiger partial charge in [-0.3, -0.25) is 0 Å². The van der Waals surface area contributed by atoms with Gasteiger partial charge in [0.2, 0.25) is 0 Å². The molecule has 0 fully saturated rings. The summed E-state index contributed by atoms with van der Waals surface area (Å²) in [5.41, 5.74) is 1.67. The van der Waals surface area contributed by atoms with E-state index in [0.29, 0.717) is 0 Å². The first-order chi connectivity index (χ1) is 8.60. The highest BCUT2D eigenvalue weighted by molar-refractivity contribution is 9.11. The third kappa shape index (κ3) is 3.13. The lowest BCUT2D eigenvalue weighted by Crippen LogP contribution is -1.99. The van der Waals surface area contributed by atoms with Crippen molar-refractivity contribution in [3.63, 3.8) is 0 Å². The van der Waals surface area contributed by atoms with Crippen LogP contribution in [-0.2, 0) is 0 Å². The first-order valence-electron chi connectivity index (χ1n) is 5.38. The van der Waals surface area contributed by atoms with Gasteiger partial charge >= 0.3 is 0 Å². The number of methoxy groups -OCH3 is 1. The molecule has 18 heavy (non-hydrogen) atoms. The largest absolute Gasteiger partial charge is 0.497 e. The molecule has 0 radical (unpaired) electrons. The number of aliphatic hydroxyl groups excluding tert-OH is 1. The van der Waals surface area contributed by atoms with Gasteiger partial charge in [-0.2, -0.15) is 0 Å². The summed E-state index contributed by atoms with van der Waals surface area (Å²) in [6, 6.07) is 13.1. The molecule has 1 unspecified atom stereocenters. The van der Waals surface area contributed by atoms with Gasteiger partial charge < -0.3 is 9.84 Å². The Morgan fingerprint density at radius 3 is 2.00 bits per heavy atom. The Labute approximate surface area is 123 Å². The van der Waals surface area contributed by atoms with Gasteiger partial charge in [-0.15, -0.1) is 0 Å². The van der Waals surface area contributed by atoms with Crippen LogP contribution in [0.4, 0.5) is 0 Å². The Balaban J connectivity index is 2.31. The van der Waals surface area contributed by atoms with Crippen molar-refractivity contribution >= 4 is 31.9 Å². The fraction of sp³-hybridized carbons (Fsp3) is 0.143. The molecular formula is C14H12Br2O2. The second-order valence-corrected chi connectivity index (χ2v) is 5.71. The molecule has 0 aliphatic rings. The topological polar surface area (TPSA) is 29.5 Å². The second-order valence-electron chi connectivity index (χ2n) is 3.88. The van der Waals surface area contributed by atoms with Crippen molar-refractivity contribution < 1.29 is 9.84 Å². The number of hydrogen-bond acceptors (Lipinski definition) is 2. The lowest BCUT2D eigenvalue weighted by molar-refractivity contribution is 0.220. The molecule has 4 heteroatoms. The minimum absolute atomic E-state index is 0.648. The number of halogens is 2.